The molecular formula is C56H47N3O4. The van der Waals surface area contributed by atoms with Crippen LogP contribution >= 0.6 is 0 Å². The molecule has 0 aliphatic heterocycles. The molecule has 0 N–H and O–H groups in total. The van der Waals surface area contributed by atoms with Gasteiger partial charge in [0.05, 0.1) is 22.2 Å². The van der Waals surface area contributed by atoms with Gasteiger partial charge in [0.1, 0.15) is 11.2 Å². The highest BCUT2D eigenvalue weighted by molar-refractivity contribution is 6.11. The first-order valence-corrected chi connectivity index (χ1v) is 21.8. The van der Waals surface area contributed by atoms with Crippen LogP contribution in [0.3, 0.4) is 0 Å². The van der Waals surface area contributed by atoms with Crippen LogP contribution in [0, 0.1) is 0 Å². The summed E-state index contributed by atoms with van der Waals surface area (Å²) in [5.74, 6) is 0. The predicted molar refractivity (Wildman–Crippen MR) is 262 cm³/mol. The second-order valence-corrected chi connectivity index (χ2v) is 16.0. The zero-order valence-electron chi connectivity index (χ0n) is 35.9. The Balaban J connectivity index is 1.04. The number of fused-ring (bicyclic) bond motifs is 5. The molecule has 7 aromatic carbocycles. The summed E-state index contributed by atoms with van der Waals surface area (Å²) in [7, 11) is 0. The highest BCUT2D eigenvalue weighted by atomic mass is 16.4. The summed E-state index contributed by atoms with van der Waals surface area (Å²) in [6.45, 7) is 12.0. The van der Waals surface area contributed by atoms with Crippen LogP contribution < -0.4 is 21.1 Å². The lowest BCUT2D eigenvalue weighted by Gasteiger charge is -2.21. The van der Waals surface area contributed by atoms with E-state index in [0.29, 0.717) is 22.3 Å². The maximum absolute atomic E-state index is 13.5. The summed E-state index contributed by atoms with van der Waals surface area (Å²) in [5, 5.41) is 4.03. The van der Waals surface area contributed by atoms with Gasteiger partial charge in [0.15, 0.2) is 0 Å². The zero-order valence-corrected chi connectivity index (χ0v) is 35.9. The van der Waals surface area contributed by atoms with Gasteiger partial charge in [0.2, 0.25) is 0 Å². The third-order valence-corrected chi connectivity index (χ3v) is 12.5. The summed E-state index contributed by atoms with van der Waals surface area (Å²) >= 11 is 0. The van der Waals surface area contributed by atoms with Gasteiger partial charge in [0, 0.05) is 76.9 Å². The maximum Gasteiger partial charge on any atom is 0.344 e. The second kappa shape index (κ2) is 16.3. The first-order chi connectivity index (χ1) is 30.8. The number of benzene rings is 7. The van der Waals surface area contributed by atoms with Crippen molar-refractivity contribution in [1.82, 2.24) is 4.57 Å². The van der Waals surface area contributed by atoms with Gasteiger partial charge in [-0.3, -0.25) is 0 Å². The summed E-state index contributed by atoms with van der Waals surface area (Å²) < 4.78 is 14.2. The number of hydrogen-bond donors (Lipinski definition) is 0. The second-order valence-electron chi connectivity index (χ2n) is 16.0. The van der Waals surface area contributed by atoms with Crippen molar-refractivity contribution in [3.8, 4) is 50.2 Å². The molecule has 7 nitrogen and oxygen atoms in total. The van der Waals surface area contributed by atoms with Crippen molar-refractivity contribution in [2.24, 2.45) is 0 Å². The molecule has 310 valence electrons. The normalized spacial score (nSPS) is 11.6. The number of para-hydroxylation sites is 1. The van der Waals surface area contributed by atoms with Crippen LogP contribution in [-0.2, 0) is 0 Å². The third kappa shape index (κ3) is 7.15. The van der Waals surface area contributed by atoms with E-state index in [1.807, 2.05) is 66.7 Å². The van der Waals surface area contributed by atoms with Crippen molar-refractivity contribution in [1.29, 1.82) is 0 Å². The summed E-state index contributed by atoms with van der Waals surface area (Å²) in [6, 6.07) is 55.9. The molecule has 10 aromatic rings. The minimum Gasteiger partial charge on any atom is -0.422 e. The lowest BCUT2D eigenvalue weighted by atomic mass is 9.97. The summed E-state index contributed by atoms with van der Waals surface area (Å²) in [4.78, 5) is 31.5. The topological polar surface area (TPSA) is 71.8 Å². The van der Waals surface area contributed by atoms with Gasteiger partial charge in [-0.25, -0.2) is 9.59 Å². The molecule has 63 heavy (non-hydrogen) atoms. The molecule has 0 unspecified atom stereocenters. The molecule has 0 saturated carbocycles. The molecular weight excluding hydrogens is 779 g/mol. The van der Waals surface area contributed by atoms with Gasteiger partial charge < -0.3 is 23.2 Å². The fourth-order valence-electron chi connectivity index (χ4n) is 9.14. The van der Waals surface area contributed by atoms with E-state index in [2.05, 4.69) is 139 Å². The number of rotatable bonds is 11. The van der Waals surface area contributed by atoms with E-state index in [1.54, 1.807) is 0 Å². The molecule has 0 saturated heterocycles. The molecule has 0 amide bonds. The monoisotopic (exact) mass is 825 g/mol. The number of hydrogen-bond acceptors (Lipinski definition) is 6. The Labute approximate surface area is 365 Å². The van der Waals surface area contributed by atoms with E-state index in [0.717, 1.165) is 109 Å². The van der Waals surface area contributed by atoms with Crippen molar-refractivity contribution >= 4 is 55.1 Å². The van der Waals surface area contributed by atoms with E-state index in [4.69, 9.17) is 8.83 Å². The Morgan fingerprint density at radius 2 is 0.841 bits per heavy atom. The summed E-state index contributed by atoms with van der Waals surface area (Å²) in [6.07, 6.45) is 0. The molecule has 0 atom stereocenters. The van der Waals surface area contributed by atoms with E-state index in [-0.39, 0.29) is 11.3 Å². The van der Waals surface area contributed by atoms with Crippen molar-refractivity contribution < 1.29 is 8.83 Å². The Hall–Kier alpha value is -7.64. The van der Waals surface area contributed by atoms with Crippen molar-refractivity contribution in [3.63, 3.8) is 0 Å². The predicted octanol–water partition coefficient (Wildman–Crippen LogP) is 13.4. The fourth-order valence-corrected chi connectivity index (χ4v) is 9.14. The molecule has 0 radical (unpaired) electrons. The number of nitrogens with zero attached hydrogens (tertiary/aromatic N) is 3. The van der Waals surface area contributed by atoms with Crippen LogP contribution in [0.1, 0.15) is 27.7 Å². The lowest BCUT2D eigenvalue weighted by molar-refractivity contribution is 0.563. The summed E-state index contributed by atoms with van der Waals surface area (Å²) in [5.41, 5.74) is 12.4. The van der Waals surface area contributed by atoms with Crippen molar-refractivity contribution in [3.05, 3.63) is 185 Å². The van der Waals surface area contributed by atoms with Crippen LogP contribution in [0.5, 0.6) is 0 Å². The average molecular weight is 826 g/mol. The highest BCUT2D eigenvalue weighted by Crippen LogP contribution is 2.38. The van der Waals surface area contributed by atoms with E-state index >= 15 is 0 Å². The van der Waals surface area contributed by atoms with Crippen LogP contribution in [0.2, 0.25) is 0 Å². The number of anilines is 2. The van der Waals surface area contributed by atoms with Crippen LogP contribution in [0.4, 0.5) is 11.4 Å². The van der Waals surface area contributed by atoms with Gasteiger partial charge >= 0.3 is 11.3 Å². The van der Waals surface area contributed by atoms with Crippen LogP contribution in [-0.4, -0.2) is 30.7 Å². The molecule has 7 heteroatoms. The Bertz CT molecular complexity index is 3250. The highest BCUT2D eigenvalue weighted by Gasteiger charge is 2.17. The molecule has 3 heterocycles. The van der Waals surface area contributed by atoms with Crippen molar-refractivity contribution in [2.75, 3.05) is 36.0 Å². The van der Waals surface area contributed by atoms with Gasteiger partial charge in [0.25, 0.3) is 0 Å². The number of aromatic nitrogens is 1. The smallest absolute Gasteiger partial charge is 0.344 e. The maximum atomic E-state index is 13.5. The van der Waals surface area contributed by atoms with Gasteiger partial charge in [-0.15, -0.1) is 0 Å². The Morgan fingerprint density at radius 3 is 1.29 bits per heavy atom. The SMILES string of the molecule is CCN(CC)c1ccc2cc(-c3cccc(-c4ccc5c6ccc(-c7cccc(-c8cc9ccc(N(CC)CC)cc9oc8=O)c7)cc6n(-c6ccccc6)c5c4)c3)c(=O)oc2c1. The minimum atomic E-state index is -0.359. The molecule has 0 spiro atoms. The van der Waals surface area contributed by atoms with Crippen molar-refractivity contribution in [2.45, 2.75) is 27.7 Å². The first-order valence-electron chi connectivity index (χ1n) is 21.8. The minimum absolute atomic E-state index is 0.359. The molecule has 0 aliphatic rings. The largest absolute Gasteiger partial charge is 0.422 e. The lowest BCUT2D eigenvalue weighted by Crippen LogP contribution is -2.21. The van der Waals surface area contributed by atoms with Crippen LogP contribution in [0.25, 0.3) is 93.9 Å². The molecule has 10 rings (SSSR count). The third-order valence-electron chi connectivity index (χ3n) is 12.5. The van der Waals surface area contributed by atoms with E-state index < -0.39 is 0 Å². The Morgan fingerprint density at radius 1 is 0.413 bits per heavy atom. The molecule has 0 fully saturated rings. The first kappa shape index (κ1) is 39.5. The van der Waals surface area contributed by atoms with Gasteiger partial charge in [-0.05, 0) is 134 Å². The molecule has 0 aliphatic carbocycles. The molecule has 0 bridgehead atoms. The van der Waals surface area contributed by atoms with E-state index in [1.165, 1.54) is 0 Å². The van der Waals surface area contributed by atoms with Crippen LogP contribution in [0.15, 0.2) is 182 Å². The fraction of sp³-hybridized carbons (Fsp3) is 0.143. The van der Waals surface area contributed by atoms with Gasteiger partial charge in [-0.1, -0.05) is 78.9 Å². The standard InChI is InChI=1S/C56H47N3O4/c1-5-57(6-2)45-24-20-42-30-49(55(60)62-53(42)34-45)40-16-12-14-36(28-40)38-22-26-47-48-27-23-39(33-52(48)59(51(47)32-38)44-18-10-9-11-19-44)37-15-13-17-41(29-37)50-31-43-21-25-46(58(7-3)8-4)35-54(43)63-56(50)61/h9-35H,5-8H2,1-4H3. The van der Waals surface area contributed by atoms with E-state index in [9.17, 15) is 9.59 Å². The average Bonchev–Trinajstić information content (AvgIpc) is 3.65. The molecule has 3 aromatic heterocycles. The quantitative estimate of drug-likeness (QED) is 0.121. The van der Waals surface area contributed by atoms with Gasteiger partial charge in [-0.2, -0.15) is 0 Å². The Kier molecular flexibility index (Phi) is 10.2. The zero-order chi connectivity index (χ0) is 43.2.